The van der Waals surface area contributed by atoms with Gasteiger partial charge in [-0.15, -0.1) is 24.8 Å². The average molecular weight is 447 g/mol. The number of hydrogen-bond donors (Lipinski definition) is 2. The van der Waals surface area contributed by atoms with Gasteiger partial charge in [-0.3, -0.25) is 4.90 Å². The van der Waals surface area contributed by atoms with Crippen LogP contribution >= 0.6 is 24.8 Å². The number of fused-ring (bicyclic) bond motifs is 1. The number of carboxylic acid groups (broad SMARTS) is 1. The van der Waals surface area contributed by atoms with Crippen LogP contribution in [-0.4, -0.2) is 40.6 Å². The number of rotatable bonds is 7. The molecule has 160 valence electrons. The summed E-state index contributed by atoms with van der Waals surface area (Å²) in [5.41, 5.74) is 5.38. The van der Waals surface area contributed by atoms with Crippen molar-refractivity contribution in [2.45, 2.75) is 25.7 Å². The van der Waals surface area contributed by atoms with Crippen LogP contribution in [0.1, 0.15) is 40.7 Å². The van der Waals surface area contributed by atoms with Crippen molar-refractivity contribution >= 4 is 47.3 Å². The van der Waals surface area contributed by atoms with Gasteiger partial charge in [0.2, 0.25) is 0 Å². The molecule has 0 aliphatic carbocycles. The lowest BCUT2D eigenvalue weighted by molar-refractivity contribution is 0.0697. The van der Waals surface area contributed by atoms with Gasteiger partial charge in [0.15, 0.2) is 0 Å². The van der Waals surface area contributed by atoms with E-state index in [1.807, 2.05) is 12.3 Å². The summed E-state index contributed by atoms with van der Waals surface area (Å²) in [4.78, 5) is 17.0. The molecule has 0 saturated carbocycles. The standard InChI is InChI=1S/C24H26N2O2.2ClH/c27-24(28)20-9-10-23-22(16-20)21(17-25-23)8-4-5-13-26-14-11-19(12-15-26)18-6-2-1-3-7-18;;/h1-3,6-7,9-11,16-17,25H,4-5,8,12-15H2,(H,27,28);2*1H. The number of H-pyrrole nitrogens is 1. The fourth-order valence-corrected chi connectivity index (χ4v) is 4.00. The van der Waals surface area contributed by atoms with Gasteiger partial charge in [0, 0.05) is 30.2 Å². The summed E-state index contributed by atoms with van der Waals surface area (Å²) in [5.74, 6) is -0.873. The number of nitrogens with one attached hydrogen (secondary N) is 1. The van der Waals surface area contributed by atoms with E-state index in [2.05, 4.69) is 46.3 Å². The van der Waals surface area contributed by atoms with Crippen molar-refractivity contribution in [1.82, 2.24) is 9.88 Å². The number of aromatic carboxylic acids is 1. The third-order valence-corrected chi connectivity index (χ3v) is 5.62. The highest BCUT2D eigenvalue weighted by atomic mass is 35.5. The fourth-order valence-electron chi connectivity index (χ4n) is 4.00. The van der Waals surface area contributed by atoms with Gasteiger partial charge < -0.3 is 10.1 Å². The Bertz CT molecular complexity index is 999. The number of aryl methyl sites for hydroxylation is 1. The fraction of sp³-hybridized carbons (Fsp3) is 0.292. The number of unbranched alkanes of at least 4 members (excludes halogenated alkanes) is 1. The molecule has 3 aromatic rings. The molecular weight excluding hydrogens is 419 g/mol. The molecule has 4 nitrogen and oxygen atoms in total. The van der Waals surface area contributed by atoms with Gasteiger partial charge in [-0.1, -0.05) is 36.4 Å². The SMILES string of the molecule is Cl.Cl.O=C(O)c1ccc2[nH]cc(CCCCN3CC=C(c4ccccc4)CC3)c2c1. The Morgan fingerprint density at radius 3 is 2.57 bits per heavy atom. The van der Waals surface area contributed by atoms with Crippen LogP contribution in [0, 0.1) is 0 Å². The highest BCUT2D eigenvalue weighted by Crippen LogP contribution is 2.23. The second-order valence-corrected chi connectivity index (χ2v) is 7.48. The topological polar surface area (TPSA) is 56.3 Å². The first-order chi connectivity index (χ1) is 13.7. The van der Waals surface area contributed by atoms with Crippen molar-refractivity contribution in [1.29, 1.82) is 0 Å². The van der Waals surface area contributed by atoms with Crippen molar-refractivity contribution in [2.24, 2.45) is 0 Å². The van der Waals surface area contributed by atoms with Crippen LogP contribution in [0.15, 0.2) is 60.8 Å². The Labute approximate surface area is 189 Å². The lowest BCUT2D eigenvalue weighted by Crippen LogP contribution is -2.29. The van der Waals surface area contributed by atoms with Crippen molar-refractivity contribution in [3.63, 3.8) is 0 Å². The number of carboxylic acids is 1. The minimum absolute atomic E-state index is 0. The zero-order valence-electron chi connectivity index (χ0n) is 16.8. The van der Waals surface area contributed by atoms with E-state index in [0.717, 1.165) is 56.2 Å². The van der Waals surface area contributed by atoms with E-state index in [1.165, 1.54) is 16.7 Å². The molecule has 2 heterocycles. The van der Waals surface area contributed by atoms with Crippen LogP contribution in [0.2, 0.25) is 0 Å². The minimum atomic E-state index is -0.873. The largest absolute Gasteiger partial charge is 0.478 e. The molecule has 1 aliphatic rings. The average Bonchev–Trinajstić information content (AvgIpc) is 3.14. The first-order valence-electron chi connectivity index (χ1n) is 10.0. The Kier molecular flexibility index (Phi) is 8.97. The number of aromatic amines is 1. The molecule has 0 unspecified atom stereocenters. The van der Waals surface area contributed by atoms with Gasteiger partial charge in [0.25, 0.3) is 0 Å². The maximum Gasteiger partial charge on any atom is 0.335 e. The van der Waals surface area contributed by atoms with E-state index in [-0.39, 0.29) is 24.8 Å². The number of hydrogen-bond acceptors (Lipinski definition) is 2. The van der Waals surface area contributed by atoms with Crippen molar-refractivity contribution in [3.05, 3.63) is 77.5 Å². The highest BCUT2D eigenvalue weighted by Gasteiger charge is 2.13. The van der Waals surface area contributed by atoms with E-state index < -0.39 is 5.97 Å². The molecule has 0 saturated heterocycles. The van der Waals surface area contributed by atoms with Gasteiger partial charge in [-0.2, -0.15) is 0 Å². The normalized spacial score (nSPS) is 13.9. The summed E-state index contributed by atoms with van der Waals surface area (Å²) in [5, 5.41) is 10.2. The summed E-state index contributed by atoms with van der Waals surface area (Å²) >= 11 is 0. The predicted molar refractivity (Wildman–Crippen MR) is 128 cm³/mol. The Balaban J connectivity index is 0.00000160. The van der Waals surface area contributed by atoms with Crippen LogP contribution in [-0.2, 0) is 6.42 Å². The Morgan fingerprint density at radius 1 is 1.07 bits per heavy atom. The van der Waals surface area contributed by atoms with Gasteiger partial charge in [0.05, 0.1) is 5.56 Å². The summed E-state index contributed by atoms with van der Waals surface area (Å²) in [7, 11) is 0. The van der Waals surface area contributed by atoms with E-state index in [9.17, 15) is 9.90 Å². The summed E-state index contributed by atoms with van der Waals surface area (Å²) in [6.07, 6.45) is 8.74. The highest BCUT2D eigenvalue weighted by molar-refractivity contribution is 5.94. The van der Waals surface area contributed by atoms with Crippen LogP contribution in [0.4, 0.5) is 0 Å². The number of nitrogens with zero attached hydrogens (tertiary/aromatic N) is 1. The molecule has 0 atom stereocenters. The quantitative estimate of drug-likeness (QED) is 0.449. The second kappa shape index (κ2) is 11.2. The summed E-state index contributed by atoms with van der Waals surface area (Å²) < 4.78 is 0. The third kappa shape index (κ3) is 5.66. The van der Waals surface area contributed by atoms with E-state index >= 15 is 0 Å². The van der Waals surface area contributed by atoms with Crippen molar-refractivity contribution in [3.8, 4) is 0 Å². The molecule has 6 heteroatoms. The number of carbonyl (C=O) groups is 1. The van der Waals surface area contributed by atoms with Gasteiger partial charge in [0.1, 0.15) is 0 Å². The molecule has 1 aliphatic heterocycles. The molecule has 1 aromatic heterocycles. The first-order valence-corrected chi connectivity index (χ1v) is 10.0. The smallest absolute Gasteiger partial charge is 0.335 e. The zero-order valence-corrected chi connectivity index (χ0v) is 18.5. The molecule has 0 fully saturated rings. The van der Waals surface area contributed by atoms with Gasteiger partial charge in [-0.05, 0) is 67.1 Å². The number of halogens is 2. The Hall–Kier alpha value is -2.27. The number of benzene rings is 2. The van der Waals surface area contributed by atoms with Crippen LogP contribution in [0.25, 0.3) is 16.5 Å². The van der Waals surface area contributed by atoms with E-state index in [4.69, 9.17) is 0 Å². The molecule has 0 spiro atoms. The minimum Gasteiger partial charge on any atom is -0.478 e. The van der Waals surface area contributed by atoms with Crippen molar-refractivity contribution in [2.75, 3.05) is 19.6 Å². The Morgan fingerprint density at radius 2 is 1.87 bits per heavy atom. The van der Waals surface area contributed by atoms with E-state index in [1.54, 1.807) is 12.1 Å². The molecule has 0 amide bonds. The molecular formula is C24H28Cl2N2O2. The van der Waals surface area contributed by atoms with Crippen LogP contribution in [0.5, 0.6) is 0 Å². The lowest BCUT2D eigenvalue weighted by atomic mass is 9.99. The van der Waals surface area contributed by atoms with Crippen LogP contribution in [0.3, 0.4) is 0 Å². The molecule has 4 rings (SSSR count). The van der Waals surface area contributed by atoms with E-state index in [0.29, 0.717) is 5.56 Å². The molecule has 2 aromatic carbocycles. The zero-order chi connectivity index (χ0) is 19.3. The van der Waals surface area contributed by atoms with Gasteiger partial charge >= 0.3 is 5.97 Å². The molecule has 2 N–H and O–H groups in total. The molecule has 0 bridgehead atoms. The molecule has 0 radical (unpaired) electrons. The maximum atomic E-state index is 11.2. The van der Waals surface area contributed by atoms with Crippen molar-refractivity contribution < 1.29 is 9.90 Å². The third-order valence-electron chi connectivity index (χ3n) is 5.62. The summed E-state index contributed by atoms with van der Waals surface area (Å²) in [6, 6.07) is 15.9. The monoisotopic (exact) mass is 446 g/mol. The second-order valence-electron chi connectivity index (χ2n) is 7.48. The predicted octanol–water partition coefficient (Wildman–Crippen LogP) is 5.82. The van der Waals surface area contributed by atoms with Gasteiger partial charge in [-0.25, -0.2) is 4.79 Å². The summed E-state index contributed by atoms with van der Waals surface area (Å²) in [6.45, 7) is 3.26. The first kappa shape index (κ1) is 24.0. The lowest BCUT2D eigenvalue weighted by Gasteiger charge is -2.26. The molecule has 30 heavy (non-hydrogen) atoms. The van der Waals surface area contributed by atoms with Crippen LogP contribution < -0.4 is 0 Å². The number of aromatic nitrogens is 1. The maximum absolute atomic E-state index is 11.2.